The molecule has 0 saturated carbocycles. The van der Waals surface area contributed by atoms with Gasteiger partial charge in [0.05, 0.1) is 0 Å². The fourth-order valence-corrected chi connectivity index (χ4v) is 1.44. The highest BCUT2D eigenvalue weighted by Crippen LogP contribution is 2.19. The van der Waals surface area contributed by atoms with E-state index in [0.717, 1.165) is 5.56 Å². The zero-order valence-corrected chi connectivity index (χ0v) is 10.1. The molecule has 0 radical (unpaired) electrons. The van der Waals surface area contributed by atoms with Crippen LogP contribution in [0.2, 0.25) is 0 Å². The lowest BCUT2D eigenvalue weighted by Crippen LogP contribution is -2.29. The van der Waals surface area contributed by atoms with Crippen LogP contribution in [0.5, 0.6) is 0 Å². The fourth-order valence-electron chi connectivity index (χ4n) is 0.935. The zero-order chi connectivity index (χ0) is 9.84. The highest BCUT2D eigenvalue weighted by Gasteiger charge is 2.13. The van der Waals surface area contributed by atoms with E-state index in [1.54, 1.807) is 6.07 Å². The van der Waals surface area contributed by atoms with E-state index in [4.69, 9.17) is 10.2 Å². The van der Waals surface area contributed by atoms with Gasteiger partial charge in [0.2, 0.25) is 0 Å². The molecule has 3 N–H and O–H groups in total. The molecular formula is C8H12BrClN2O2. The Hall–Kier alpha value is -0.520. The van der Waals surface area contributed by atoms with Crippen molar-refractivity contribution in [3.63, 3.8) is 0 Å². The Morgan fingerprint density at radius 3 is 2.79 bits per heavy atom. The molecule has 6 heteroatoms. The topological polar surface area (TPSA) is 68.3 Å². The SMILES string of the molecule is Cc1cc(Br)oc1C(=O)NCCN.Cl. The van der Waals surface area contributed by atoms with Crippen molar-refractivity contribution in [2.24, 2.45) is 5.73 Å². The van der Waals surface area contributed by atoms with Gasteiger partial charge in [-0.25, -0.2) is 0 Å². The van der Waals surface area contributed by atoms with Crippen molar-refractivity contribution in [3.8, 4) is 0 Å². The standard InChI is InChI=1S/C8H11BrN2O2.ClH/c1-5-4-6(9)13-7(5)8(12)11-3-2-10;/h4H,2-3,10H2,1H3,(H,11,12);1H. The second-order valence-corrected chi connectivity index (χ2v) is 3.39. The van der Waals surface area contributed by atoms with E-state index in [2.05, 4.69) is 21.2 Å². The number of hydrogen-bond acceptors (Lipinski definition) is 3. The molecule has 1 rings (SSSR count). The molecular weight excluding hydrogens is 271 g/mol. The number of carbonyl (C=O) groups excluding carboxylic acids is 1. The first-order chi connectivity index (χ1) is 6.15. The van der Waals surface area contributed by atoms with Gasteiger partial charge in [0.15, 0.2) is 10.4 Å². The lowest BCUT2D eigenvalue weighted by atomic mass is 10.3. The van der Waals surface area contributed by atoms with Crippen molar-refractivity contribution >= 4 is 34.2 Å². The molecule has 0 aliphatic rings. The Morgan fingerprint density at radius 1 is 1.71 bits per heavy atom. The molecule has 1 amide bonds. The number of aryl methyl sites for hydroxylation is 1. The Labute approximate surface area is 96.8 Å². The summed E-state index contributed by atoms with van der Waals surface area (Å²) in [6, 6.07) is 1.75. The Balaban J connectivity index is 0.00000169. The Morgan fingerprint density at radius 2 is 2.36 bits per heavy atom. The highest BCUT2D eigenvalue weighted by molar-refractivity contribution is 9.10. The number of amides is 1. The van der Waals surface area contributed by atoms with Crippen molar-refractivity contribution in [1.82, 2.24) is 5.32 Å². The summed E-state index contributed by atoms with van der Waals surface area (Å²) in [7, 11) is 0. The molecule has 0 saturated heterocycles. The fraction of sp³-hybridized carbons (Fsp3) is 0.375. The minimum Gasteiger partial charge on any atom is -0.444 e. The van der Waals surface area contributed by atoms with E-state index in [1.165, 1.54) is 0 Å². The van der Waals surface area contributed by atoms with E-state index < -0.39 is 0 Å². The van der Waals surface area contributed by atoms with Crippen LogP contribution in [0.25, 0.3) is 0 Å². The molecule has 0 atom stereocenters. The van der Waals surface area contributed by atoms with Crippen LogP contribution in [0.15, 0.2) is 15.2 Å². The molecule has 14 heavy (non-hydrogen) atoms. The van der Waals surface area contributed by atoms with Crippen LogP contribution in [0.1, 0.15) is 16.1 Å². The lowest BCUT2D eigenvalue weighted by molar-refractivity contribution is 0.0925. The van der Waals surface area contributed by atoms with Gasteiger partial charge in [0.1, 0.15) is 0 Å². The Kier molecular flexibility index (Phi) is 5.83. The summed E-state index contributed by atoms with van der Waals surface area (Å²) in [5.41, 5.74) is 6.05. The van der Waals surface area contributed by atoms with Gasteiger partial charge in [-0.3, -0.25) is 4.79 Å². The lowest BCUT2D eigenvalue weighted by Gasteiger charge is -2.00. The first-order valence-corrected chi connectivity index (χ1v) is 4.68. The monoisotopic (exact) mass is 282 g/mol. The zero-order valence-electron chi connectivity index (χ0n) is 7.67. The number of rotatable bonds is 3. The summed E-state index contributed by atoms with van der Waals surface area (Å²) in [4.78, 5) is 11.4. The van der Waals surface area contributed by atoms with Crippen LogP contribution in [-0.2, 0) is 0 Å². The van der Waals surface area contributed by atoms with Crippen LogP contribution < -0.4 is 11.1 Å². The third kappa shape index (κ3) is 3.32. The average Bonchev–Trinajstić information content (AvgIpc) is 2.41. The summed E-state index contributed by atoms with van der Waals surface area (Å²) in [5, 5.41) is 2.62. The second-order valence-electron chi connectivity index (χ2n) is 2.61. The molecule has 0 unspecified atom stereocenters. The smallest absolute Gasteiger partial charge is 0.287 e. The largest absolute Gasteiger partial charge is 0.444 e. The number of nitrogens with one attached hydrogen (secondary N) is 1. The van der Waals surface area contributed by atoms with Gasteiger partial charge in [-0.05, 0) is 28.9 Å². The second kappa shape index (κ2) is 6.06. The number of carbonyl (C=O) groups is 1. The number of halogens is 2. The molecule has 1 heterocycles. The van der Waals surface area contributed by atoms with Crippen molar-refractivity contribution < 1.29 is 9.21 Å². The van der Waals surface area contributed by atoms with E-state index >= 15 is 0 Å². The maximum atomic E-state index is 11.4. The molecule has 4 nitrogen and oxygen atoms in total. The minimum absolute atomic E-state index is 0. The molecule has 80 valence electrons. The molecule has 0 aliphatic carbocycles. The first kappa shape index (κ1) is 13.5. The quantitative estimate of drug-likeness (QED) is 0.882. The van der Waals surface area contributed by atoms with Crippen LogP contribution in [0, 0.1) is 6.92 Å². The van der Waals surface area contributed by atoms with Gasteiger partial charge in [0.25, 0.3) is 5.91 Å². The maximum absolute atomic E-state index is 11.4. The maximum Gasteiger partial charge on any atom is 0.287 e. The average molecular weight is 284 g/mol. The van der Waals surface area contributed by atoms with Crippen LogP contribution in [0.4, 0.5) is 0 Å². The van der Waals surface area contributed by atoms with Gasteiger partial charge < -0.3 is 15.5 Å². The minimum atomic E-state index is -0.228. The van der Waals surface area contributed by atoms with Crippen molar-refractivity contribution in [2.75, 3.05) is 13.1 Å². The van der Waals surface area contributed by atoms with Gasteiger partial charge in [-0.1, -0.05) is 0 Å². The van der Waals surface area contributed by atoms with Crippen LogP contribution in [0.3, 0.4) is 0 Å². The first-order valence-electron chi connectivity index (χ1n) is 3.89. The molecule has 0 spiro atoms. The normalized spacial score (nSPS) is 9.36. The predicted molar refractivity (Wildman–Crippen MR) is 59.8 cm³/mol. The van der Waals surface area contributed by atoms with E-state index in [1.807, 2.05) is 6.92 Å². The Bertz CT molecular complexity index is 314. The van der Waals surface area contributed by atoms with Gasteiger partial charge in [-0.2, -0.15) is 0 Å². The van der Waals surface area contributed by atoms with E-state index in [-0.39, 0.29) is 18.3 Å². The molecule has 0 fully saturated rings. The van der Waals surface area contributed by atoms with Crippen molar-refractivity contribution in [1.29, 1.82) is 0 Å². The molecule has 1 aromatic heterocycles. The highest BCUT2D eigenvalue weighted by atomic mass is 79.9. The summed E-state index contributed by atoms with van der Waals surface area (Å²) in [6.45, 7) is 2.69. The molecule has 0 aliphatic heterocycles. The summed E-state index contributed by atoms with van der Waals surface area (Å²) in [5.74, 6) is 0.106. The van der Waals surface area contributed by atoms with E-state index in [9.17, 15) is 4.79 Å². The third-order valence-electron chi connectivity index (χ3n) is 1.52. The van der Waals surface area contributed by atoms with Crippen LogP contribution in [-0.4, -0.2) is 19.0 Å². The third-order valence-corrected chi connectivity index (χ3v) is 1.91. The van der Waals surface area contributed by atoms with Gasteiger partial charge >= 0.3 is 0 Å². The summed E-state index contributed by atoms with van der Waals surface area (Å²) < 4.78 is 5.70. The van der Waals surface area contributed by atoms with E-state index in [0.29, 0.717) is 23.5 Å². The van der Waals surface area contributed by atoms with Gasteiger partial charge in [0, 0.05) is 18.7 Å². The van der Waals surface area contributed by atoms with Crippen molar-refractivity contribution in [2.45, 2.75) is 6.92 Å². The van der Waals surface area contributed by atoms with Gasteiger partial charge in [-0.15, -0.1) is 12.4 Å². The number of furan rings is 1. The van der Waals surface area contributed by atoms with Crippen molar-refractivity contribution in [3.05, 3.63) is 22.1 Å². The van der Waals surface area contributed by atoms with Crippen LogP contribution >= 0.6 is 28.3 Å². The molecule has 0 aromatic carbocycles. The number of nitrogens with two attached hydrogens (primary N) is 1. The molecule has 1 aromatic rings. The summed E-state index contributed by atoms with van der Waals surface area (Å²) >= 11 is 3.15. The predicted octanol–water partition coefficient (Wildman–Crippen LogP) is 1.46. The molecule has 0 bridgehead atoms. The number of hydrogen-bond donors (Lipinski definition) is 2. The summed E-state index contributed by atoms with van der Waals surface area (Å²) in [6.07, 6.45) is 0.